The Morgan fingerprint density at radius 1 is 1.16 bits per heavy atom. The van der Waals surface area contributed by atoms with Crippen LogP contribution in [0.1, 0.15) is 13.3 Å². The first kappa shape index (κ1) is 15.4. The number of benzene rings is 1. The fraction of sp³-hybridized carbons (Fsp3) is 0.462. The van der Waals surface area contributed by atoms with Crippen molar-refractivity contribution in [2.45, 2.75) is 19.4 Å². The monoisotopic (exact) mass is 285 g/mol. The van der Waals surface area contributed by atoms with Crippen LogP contribution in [-0.2, 0) is 0 Å². The number of nitrogens with two attached hydrogens (primary N) is 1. The van der Waals surface area contributed by atoms with E-state index in [1.54, 1.807) is 33.5 Å². The number of methoxy groups -OCH3 is 3. The maximum atomic E-state index is 5.73. The lowest BCUT2D eigenvalue weighted by atomic mass is 10.2. The lowest BCUT2D eigenvalue weighted by Crippen LogP contribution is -2.31. The maximum Gasteiger partial charge on any atom is 0.203 e. The van der Waals surface area contributed by atoms with Crippen LogP contribution in [0.25, 0.3) is 0 Å². The molecule has 0 spiro atoms. The van der Waals surface area contributed by atoms with Crippen molar-refractivity contribution in [3.63, 3.8) is 0 Å². The van der Waals surface area contributed by atoms with Gasteiger partial charge in [-0.1, -0.05) is 19.1 Å². The van der Waals surface area contributed by atoms with Crippen molar-refractivity contribution in [3.05, 3.63) is 12.1 Å². The molecule has 0 amide bonds. The quantitative estimate of drug-likeness (QED) is 0.775. The van der Waals surface area contributed by atoms with Crippen molar-refractivity contribution in [2.75, 3.05) is 21.3 Å². The normalized spacial score (nSPS) is 11.6. The van der Waals surface area contributed by atoms with Crippen LogP contribution in [0, 0.1) is 0 Å². The van der Waals surface area contributed by atoms with Gasteiger partial charge in [-0.2, -0.15) is 0 Å². The summed E-state index contributed by atoms with van der Waals surface area (Å²) in [6, 6.07) is 3.42. The van der Waals surface area contributed by atoms with Gasteiger partial charge in [0.15, 0.2) is 11.5 Å². The van der Waals surface area contributed by atoms with Gasteiger partial charge in [0.1, 0.15) is 16.8 Å². The fourth-order valence-electron chi connectivity index (χ4n) is 1.63. The van der Waals surface area contributed by atoms with Crippen LogP contribution in [0.2, 0.25) is 0 Å². The average molecular weight is 285 g/mol. The largest absolute Gasteiger partial charge is 0.493 e. The van der Waals surface area contributed by atoms with E-state index in [9.17, 15) is 0 Å². The molecule has 0 saturated carbocycles. The van der Waals surface area contributed by atoms with Gasteiger partial charge in [0.05, 0.1) is 21.3 Å². The standard InChI is InChI=1S/C13H19NO4S/c1-5-9(13(14)19)18-8-6-10(15-2)12(17-4)11(7-8)16-3/h6-7,9H,5H2,1-4H3,(H2,14,19). The maximum absolute atomic E-state index is 5.73. The van der Waals surface area contributed by atoms with Crippen molar-refractivity contribution in [3.8, 4) is 23.0 Å². The van der Waals surface area contributed by atoms with E-state index in [0.29, 0.717) is 34.4 Å². The second-order valence-corrected chi connectivity index (χ2v) is 4.25. The van der Waals surface area contributed by atoms with Gasteiger partial charge >= 0.3 is 0 Å². The average Bonchev–Trinajstić information content (AvgIpc) is 2.42. The molecule has 1 unspecified atom stereocenters. The van der Waals surface area contributed by atoms with Gasteiger partial charge in [0, 0.05) is 12.1 Å². The molecule has 0 saturated heterocycles. The predicted octanol–water partition coefficient (Wildman–Crippen LogP) is 2.16. The molecule has 106 valence electrons. The Bertz CT molecular complexity index is 425. The first-order valence-corrected chi connectivity index (χ1v) is 6.24. The van der Waals surface area contributed by atoms with E-state index in [0.717, 1.165) is 0 Å². The van der Waals surface area contributed by atoms with Gasteiger partial charge in [-0.05, 0) is 6.42 Å². The molecule has 6 heteroatoms. The summed E-state index contributed by atoms with van der Waals surface area (Å²) in [6.07, 6.45) is 0.365. The Morgan fingerprint density at radius 2 is 1.68 bits per heavy atom. The molecule has 0 aliphatic rings. The Labute approximate surface area is 118 Å². The summed E-state index contributed by atoms with van der Waals surface area (Å²) in [4.78, 5) is 0.316. The van der Waals surface area contributed by atoms with Crippen LogP contribution < -0.4 is 24.7 Å². The van der Waals surface area contributed by atoms with Gasteiger partial charge < -0.3 is 24.7 Å². The minimum Gasteiger partial charge on any atom is -0.493 e. The lowest BCUT2D eigenvalue weighted by Gasteiger charge is -2.19. The van der Waals surface area contributed by atoms with Crippen molar-refractivity contribution < 1.29 is 18.9 Å². The van der Waals surface area contributed by atoms with Crippen molar-refractivity contribution in [1.82, 2.24) is 0 Å². The molecule has 0 aliphatic heterocycles. The molecule has 0 bridgehead atoms. The highest BCUT2D eigenvalue weighted by Crippen LogP contribution is 2.41. The van der Waals surface area contributed by atoms with Crippen molar-refractivity contribution in [1.29, 1.82) is 0 Å². The van der Waals surface area contributed by atoms with Crippen LogP contribution in [0.15, 0.2) is 12.1 Å². The number of thiocarbonyl (C=S) groups is 1. The minimum absolute atomic E-state index is 0.316. The molecule has 1 atom stereocenters. The summed E-state index contributed by atoms with van der Waals surface area (Å²) in [5, 5.41) is 0. The van der Waals surface area contributed by atoms with Gasteiger partial charge in [0.25, 0.3) is 0 Å². The molecule has 0 heterocycles. The number of hydrogen-bond donors (Lipinski definition) is 1. The molecule has 0 fully saturated rings. The van der Waals surface area contributed by atoms with E-state index in [4.69, 9.17) is 36.9 Å². The van der Waals surface area contributed by atoms with E-state index in [2.05, 4.69) is 0 Å². The lowest BCUT2D eigenvalue weighted by molar-refractivity contribution is 0.258. The highest BCUT2D eigenvalue weighted by Gasteiger charge is 2.17. The zero-order valence-corrected chi connectivity index (χ0v) is 12.4. The van der Waals surface area contributed by atoms with Crippen molar-refractivity contribution in [2.24, 2.45) is 5.73 Å². The fourth-order valence-corrected chi connectivity index (χ4v) is 1.85. The summed E-state index contributed by atoms with van der Waals surface area (Å²) >= 11 is 4.95. The molecular formula is C13H19NO4S. The molecule has 19 heavy (non-hydrogen) atoms. The van der Waals surface area contributed by atoms with E-state index < -0.39 is 0 Å². The summed E-state index contributed by atoms with van der Waals surface area (Å²) < 4.78 is 21.5. The summed E-state index contributed by atoms with van der Waals surface area (Å²) in [5.74, 6) is 2.12. The van der Waals surface area contributed by atoms with Crippen molar-refractivity contribution >= 4 is 17.2 Å². The smallest absolute Gasteiger partial charge is 0.203 e. The third-order valence-corrected chi connectivity index (χ3v) is 2.87. The summed E-state index contributed by atoms with van der Waals surface area (Å²) in [7, 11) is 4.64. The number of rotatable bonds is 7. The van der Waals surface area contributed by atoms with E-state index >= 15 is 0 Å². The molecule has 1 rings (SSSR count). The third kappa shape index (κ3) is 3.64. The Balaban J connectivity index is 3.12. The molecule has 0 aromatic heterocycles. The number of hydrogen-bond acceptors (Lipinski definition) is 5. The summed E-state index contributed by atoms with van der Waals surface area (Å²) in [5.41, 5.74) is 5.61. The highest BCUT2D eigenvalue weighted by molar-refractivity contribution is 7.80. The second kappa shape index (κ2) is 7.04. The van der Waals surface area contributed by atoms with Gasteiger partial charge in [-0.25, -0.2) is 0 Å². The van der Waals surface area contributed by atoms with Crippen LogP contribution in [-0.4, -0.2) is 32.4 Å². The zero-order valence-electron chi connectivity index (χ0n) is 11.6. The van der Waals surface area contributed by atoms with Gasteiger partial charge in [-0.15, -0.1) is 0 Å². The zero-order chi connectivity index (χ0) is 14.4. The molecule has 5 nitrogen and oxygen atoms in total. The van der Waals surface area contributed by atoms with E-state index in [1.807, 2.05) is 6.92 Å². The van der Waals surface area contributed by atoms with Crippen LogP contribution in [0.4, 0.5) is 0 Å². The summed E-state index contributed by atoms with van der Waals surface area (Å²) in [6.45, 7) is 1.95. The molecule has 2 N–H and O–H groups in total. The minimum atomic E-state index is -0.321. The molecule has 0 radical (unpaired) electrons. The van der Waals surface area contributed by atoms with Crippen LogP contribution >= 0.6 is 12.2 Å². The van der Waals surface area contributed by atoms with E-state index in [-0.39, 0.29) is 6.10 Å². The van der Waals surface area contributed by atoms with Gasteiger partial charge in [0.2, 0.25) is 5.75 Å². The second-order valence-electron chi connectivity index (χ2n) is 3.78. The topological polar surface area (TPSA) is 62.9 Å². The first-order valence-electron chi connectivity index (χ1n) is 5.83. The Morgan fingerprint density at radius 3 is 2.00 bits per heavy atom. The van der Waals surface area contributed by atoms with Crippen LogP contribution in [0.5, 0.6) is 23.0 Å². The molecule has 0 aliphatic carbocycles. The molecule has 1 aromatic carbocycles. The van der Waals surface area contributed by atoms with E-state index in [1.165, 1.54) is 0 Å². The Kier molecular flexibility index (Phi) is 5.69. The third-order valence-electron chi connectivity index (χ3n) is 2.60. The predicted molar refractivity (Wildman–Crippen MR) is 77.6 cm³/mol. The van der Waals surface area contributed by atoms with Gasteiger partial charge in [-0.3, -0.25) is 0 Å². The Hall–Kier alpha value is -1.69. The molecule has 1 aromatic rings. The first-order chi connectivity index (χ1) is 9.07. The number of ether oxygens (including phenoxy) is 4. The molecular weight excluding hydrogens is 266 g/mol. The SMILES string of the molecule is CCC(Oc1cc(OC)c(OC)c(OC)c1)C(N)=S. The van der Waals surface area contributed by atoms with Crippen LogP contribution in [0.3, 0.4) is 0 Å². The highest BCUT2D eigenvalue weighted by atomic mass is 32.1.